The number of ether oxygens (including phenoxy) is 2. The first-order valence-electron chi connectivity index (χ1n) is 8.45. The number of thioether (sulfide) groups is 1. The number of carbonyl (C=O) groups excluding carboxylic acids is 3. The molecular formula is C16H25NO5S3. The van der Waals surface area contributed by atoms with Crippen LogP contribution in [0.3, 0.4) is 0 Å². The van der Waals surface area contributed by atoms with Crippen molar-refractivity contribution in [3.8, 4) is 0 Å². The molecule has 0 spiro atoms. The maximum Gasteiger partial charge on any atom is 0.410 e. The van der Waals surface area contributed by atoms with Crippen LogP contribution in [0.2, 0.25) is 0 Å². The molecule has 2 aliphatic heterocycles. The van der Waals surface area contributed by atoms with E-state index in [2.05, 4.69) is 5.32 Å². The molecular weight excluding hydrogens is 382 g/mol. The van der Waals surface area contributed by atoms with E-state index < -0.39 is 18.4 Å². The lowest BCUT2D eigenvalue weighted by Crippen LogP contribution is -2.60. The molecule has 2 aliphatic rings. The first-order chi connectivity index (χ1) is 11.8. The number of hydrogen-bond acceptors (Lipinski definition) is 8. The van der Waals surface area contributed by atoms with Gasteiger partial charge in [0.25, 0.3) is 0 Å². The number of rotatable bonds is 8. The van der Waals surface area contributed by atoms with Gasteiger partial charge >= 0.3 is 12.1 Å². The Morgan fingerprint density at radius 3 is 2.68 bits per heavy atom. The SMILES string of the molecule is CC(OC(=O)CCCC[C@@H]1CCSS1)OC(=O)NC1C(=O)SC1(C)C. The molecule has 1 amide bonds. The predicted molar refractivity (Wildman–Crippen MR) is 103 cm³/mol. The number of nitrogens with one attached hydrogen (secondary N) is 1. The van der Waals surface area contributed by atoms with Crippen molar-refractivity contribution < 1.29 is 23.9 Å². The zero-order valence-electron chi connectivity index (χ0n) is 14.7. The highest BCUT2D eigenvalue weighted by Gasteiger charge is 2.49. The van der Waals surface area contributed by atoms with E-state index in [0.29, 0.717) is 11.7 Å². The minimum atomic E-state index is -0.972. The second kappa shape index (κ2) is 9.41. The van der Waals surface area contributed by atoms with E-state index in [-0.39, 0.29) is 15.8 Å². The second-order valence-corrected chi connectivity index (χ2v) is 11.1. The molecule has 1 N–H and O–H groups in total. The van der Waals surface area contributed by atoms with Crippen molar-refractivity contribution in [1.82, 2.24) is 5.32 Å². The molecule has 6 nitrogen and oxygen atoms in total. The fourth-order valence-corrected chi connectivity index (χ4v) is 6.73. The molecule has 2 rings (SSSR count). The van der Waals surface area contributed by atoms with Crippen LogP contribution in [0.1, 0.15) is 52.9 Å². The Morgan fingerprint density at radius 2 is 2.08 bits per heavy atom. The van der Waals surface area contributed by atoms with Crippen molar-refractivity contribution >= 4 is 50.5 Å². The highest BCUT2D eigenvalue weighted by atomic mass is 33.1. The van der Waals surface area contributed by atoms with Crippen LogP contribution in [0.25, 0.3) is 0 Å². The number of esters is 1. The fourth-order valence-electron chi connectivity index (χ4n) is 2.61. The van der Waals surface area contributed by atoms with Crippen LogP contribution in [0.15, 0.2) is 0 Å². The molecule has 2 fully saturated rings. The molecule has 142 valence electrons. The number of amides is 1. The van der Waals surface area contributed by atoms with Gasteiger partial charge in [-0.15, -0.1) is 0 Å². The topological polar surface area (TPSA) is 81.7 Å². The van der Waals surface area contributed by atoms with E-state index >= 15 is 0 Å². The highest BCUT2D eigenvalue weighted by Crippen LogP contribution is 2.41. The molecule has 3 atom stereocenters. The monoisotopic (exact) mass is 407 g/mol. The standard InChI is InChI=1S/C16H25NO5S3/c1-10(22-15(20)17-13-14(19)24-16(13,2)3)21-12(18)7-5-4-6-11-8-9-23-25-11/h10-11,13H,4-9H2,1-3H3,(H,17,20)/t10?,11-,13?/m1/s1. The van der Waals surface area contributed by atoms with Crippen LogP contribution in [0.4, 0.5) is 4.79 Å². The van der Waals surface area contributed by atoms with Gasteiger partial charge in [-0.3, -0.25) is 9.59 Å². The molecule has 0 saturated carbocycles. The Morgan fingerprint density at radius 1 is 1.32 bits per heavy atom. The Kier molecular flexibility index (Phi) is 7.82. The first kappa shape index (κ1) is 20.8. The molecule has 25 heavy (non-hydrogen) atoms. The number of alkyl carbamates (subject to hydrolysis) is 1. The summed E-state index contributed by atoms with van der Waals surface area (Å²) in [7, 11) is 3.86. The van der Waals surface area contributed by atoms with Gasteiger partial charge in [-0.1, -0.05) is 39.8 Å². The fraction of sp³-hybridized carbons (Fsp3) is 0.812. The summed E-state index contributed by atoms with van der Waals surface area (Å²) in [5, 5.41) is 3.14. The van der Waals surface area contributed by atoms with Crippen LogP contribution in [-0.2, 0) is 19.1 Å². The average molecular weight is 408 g/mol. The highest BCUT2D eigenvalue weighted by molar-refractivity contribution is 8.77. The maximum absolute atomic E-state index is 11.8. The van der Waals surface area contributed by atoms with Crippen LogP contribution in [0.5, 0.6) is 0 Å². The third-order valence-electron chi connectivity index (χ3n) is 4.01. The van der Waals surface area contributed by atoms with E-state index in [9.17, 15) is 14.4 Å². The molecule has 0 radical (unpaired) electrons. The summed E-state index contributed by atoms with van der Waals surface area (Å²) in [6, 6.07) is -0.570. The van der Waals surface area contributed by atoms with Crippen molar-refractivity contribution in [3.05, 3.63) is 0 Å². The summed E-state index contributed by atoms with van der Waals surface area (Å²) in [5.41, 5.74) is 0. The summed E-state index contributed by atoms with van der Waals surface area (Å²) >= 11 is 1.19. The van der Waals surface area contributed by atoms with Crippen molar-refractivity contribution in [2.24, 2.45) is 0 Å². The van der Waals surface area contributed by atoms with Gasteiger partial charge in [-0.05, 0) is 33.1 Å². The summed E-state index contributed by atoms with van der Waals surface area (Å²) in [4.78, 5) is 35.1. The Balaban J connectivity index is 1.57. The zero-order chi connectivity index (χ0) is 18.4. The molecule has 9 heteroatoms. The van der Waals surface area contributed by atoms with Gasteiger partial charge in [-0.2, -0.15) is 0 Å². The summed E-state index contributed by atoms with van der Waals surface area (Å²) in [6.07, 6.45) is 2.76. The van der Waals surface area contributed by atoms with Crippen LogP contribution < -0.4 is 5.32 Å². The van der Waals surface area contributed by atoms with Crippen molar-refractivity contribution in [2.45, 2.75) is 75.2 Å². The van der Waals surface area contributed by atoms with Gasteiger partial charge in [0.2, 0.25) is 11.4 Å². The van der Waals surface area contributed by atoms with Gasteiger partial charge in [0.15, 0.2) is 0 Å². The quantitative estimate of drug-likeness (QED) is 0.282. The number of carbonyl (C=O) groups is 3. The predicted octanol–water partition coefficient (Wildman–Crippen LogP) is 3.74. The Bertz CT molecular complexity index is 508. The molecule has 2 saturated heterocycles. The van der Waals surface area contributed by atoms with E-state index in [1.807, 2.05) is 35.4 Å². The minimum Gasteiger partial charge on any atom is -0.425 e. The molecule has 0 aromatic rings. The number of unbranched alkanes of at least 4 members (excludes halogenated alkanes) is 1. The van der Waals surface area contributed by atoms with E-state index in [4.69, 9.17) is 9.47 Å². The van der Waals surface area contributed by atoms with Crippen LogP contribution in [-0.4, -0.2) is 45.3 Å². The van der Waals surface area contributed by atoms with Crippen molar-refractivity contribution in [1.29, 1.82) is 0 Å². The van der Waals surface area contributed by atoms with Gasteiger partial charge in [-0.25, -0.2) is 4.79 Å². The van der Waals surface area contributed by atoms with Gasteiger partial charge in [0, 0.05) is 29.1 Å². The second-order valence-electron chi connectivity index (χ2n) is 6.64. The van der Waals surface area contributed by atoms with E-state index in [1.54, 1.807) is 0 Å². The van der Waals surface area contributed by atoms with Crippen molar-refractivity contribution in [2.75, 3.05) is 5.75 Å². The molecule has 2 heterocycles. The lowest BCUT2D eigenvalue weighted by atomic mass is 10.0. The Hall–Kier alpha value is -0.540. The molecule has 0 aliphatic carbocycles. The minimum absolute atomic E-state index is 0.0922. The average Bonchev–Trinajstić information content (AvgIpc) is 3.02. The first-order valence-corrected chi connectivity index (χ1v) is 11.7. The van der Waals surface area contributed by atoms with Gasteiger partial charge in [0.05, 0.1) is 0 Å². The van der Waals surface area contributed by atoms with Crippen molar-refractivity contribution in [3.63, 3.8) is 0 Å². The smallest absolute Gasteiger partial charge is 0.410 e. The molecule has 0 bridgehead atoms. The van der Waals surface area contributed by atoms with Crippen LogP contribution >= 0.6 is 33.3 Å². The lowest BCUT2D eigenvalue weighted by Gasteiger charge is -2.41. The normalized spacial score (nSPS) is 25.8. The maximum atomic E-state index is 11.8. The van der Waals surface area contributed by atoms with E-state index in [0.717, 1.165) is 19.3 Å². The molecule has 0 aromatic heterocycles. The Labute approximate surface area is 160 Å². The lowest BCUT2D eigenvalue weighted by molar-refractivity contribution is -0.165. The molecule has 0 aromatic carbocycles. The summed E-state index contributed by atoms with van der Waals surface area (Å²) in [5.74, 6) is 0.848. The van der Waals surface area contributed by atoms with E-state index in [1.165, 1.54) is 30.9 Å². The summed E-state index contributed by atoms with van der Waals surface area (Å²) in [6.45, 7) is 5.23. The third kappa shape index (κ3) is 6.60. The van der Waals surface area contributed by atoms with Gasteiger partial charge in [0.1, 0.15) is 6.04 Å². The third-order valence-corrected chi connectivity index (χ3v) is 8.22. The van der Waals surface area contributed by atoms with Gasteiger partial charge < -0.3 is 14.8 Å². The summed E-state index contributed by atoms with van der Waals surface area (Å²) < 4.78 is 9.74. The molecule has 2 unspecified atom stereocenters. The van der Waals surface area contributed by atoms with Crippen LogP contribution in [0, 0.1) is 0 Å². The largest absolute Gasteiger partial charge is 0.425 e. The number of hydrogen-bond donors (Lipinski definition) is 1. The zero-order valence-corrected chi connectivity index (χ0v) is 17.2.